The fourth-order valence-corrected chi connectivity index (χ4v) is 1.92. The van der Waals surface area contributed by atoms with Crippen molar-refractivity contribution in [3.63, 3.8) is 0 Å². The number of benzene rings is 1. The van der Waals surface area contributed by atoms with E-state index < -0.39 is 0 Å². The van der Waals surface area contributed by atoms with Crippen molar-refractivity contribution >= 4 is 16.6 Å². The molecule has 0 spiro atoms. The summed E-state index contributed by atoms with van der Waals surface area (Å²) in [6.45, 7) is 6.42. The molecule has 0 radical (unpaired) electrons. The minimum atomic E-state index is 1.03. The molecule has 1 heterocycles. The summed E-state index contributed by atoms with van der Waals surface area (Å²) in [5.74, 6) is 0. The van der Waals surface area contributed by atoms with Crippen molar-refractivity contribution in [1.29, 1.82) is 0 Å². The maximum absolute atomic E-state index is 4.37. The third kappa shape index (κ3) is 1.80. The van der Waals surface area contributed by atoms with Crippen molar-refractivity contribution in [2.45, 2.75) is 13.8 Å². The molecule has 1 aromatic carbocycles. The van der Waals surface area contributed by atoms with Gasteiger partial charge in [-0.3, -0.25) is 4.98 Å². The average Bonchev–Trinajstić information content (AvgIpc) is 2.31. The summed E-state index contributed by atoms with van der Waals surface area (Å²) in [4.78, 5) is 6.72. The van der Waals surface area contributed by atoms with E-state index in [1.54, 1.807) is 0 Å². The molecule has 2 nitrogen and oxygen atoms in total. The molecule has 0 aliphatic heterocycles. The molecular weight excluding hydrogens is 184 g/mol. The highest BCUT2D eigenvalue weighted by atomic mass is 15.1. The van der Waals surface area contributed by atoms with Gasteiger partial charge in [-0.2, -0.15) is 0 Å². The van der Waals surface area contributed by atoms with Crippen LogP contribution < -0.4 is 4.90 Å². The van der Waals surface area contributed by atoms with E-state index in [0.29, 0.717) is 0 Å². The zero-order chi connectivity index (χ0) is 10.7. The summed E-state index contributed by atoms with van der Waals surface area (Å²) >= 11 is 0. The van der Waals surface area contributed by atoms with Gasteiger partial charge in [0.05, 0.1) is 5.52 Å². The van der Waals surface area contributed by atoms with E-state index in [0.717, 1.165) is 18.6 Å². The van der Waals surface area contributed by atoms with Gasteiger partial charge in [0.15, 0.2) is 0 Å². The maximum atomic E-state index is 4.37. The Morgan fingerprint density at radius 3 is 2.53 bits per heavy atom. The van der Waals surface area contributed by atoms with Gasteiger partial charge in [-0.05, 0) is 26.0 Å². The van der Waals surface area contributed by atoms with Crippen LogP contribution in [0.15, 0.2) is 36.5 Å². The lowest BCUT2D eigenvalue weighted by Crippen LogP contribution is -2.22. The highest BCUT2D eigenvalue weighted by molar-refractivity contribution is 5.91. The molecule has 0 amide bonds. The second-order valence-corrected chi connectivity index (χ2v) is 3.52. The van der Waals surface area contributed by atoms with Crippen molar-refractivity contribution in [3.8, 4) is 0 Å². The second-order valence-electron chi connectivity index (χ2n) is 3.52. The molecule has 0 saturated carbocycles. The molecular formula is C13H16N2. The van der Waals surface area contributed by atoms with E-state index >= 15 is 0 Å². The lowest BCUT2D eigenvalue weighted by Gasteiger charge is -2.22. The summed E-state index contributed by atoms with van der Waals surface area (Å²) < 4.78 is 0. The van der Waals surface area contributed by atoms with Crippen LogP contribution in [0.2, 0.25) is 0 Å². The fraction of sp³-hybridized carbons (Fsp3) is 0.308. The van der Waals surface area contributed by atoms with Crippen LogP contribution in [0.5, 0.6) is 0 Å². The first-order valence-corrected chi connectivity index (χ1v) is 5.45. The van der Waals surface area contributed by atoms with Gasteiger partial charge in [0.25, 0.3) is 0 Å². The molecule has 0 fully saturated rings. The van der Waals surface area contributed by atoms with Gasteiger partial charge < -0.3 is 4.90 Å². The molecule has 0 saturated heterocycles. The van der Waals surface area contributed by atoms with E-state index in [1.807, 2.05) is 12.3 Å². The first kappa shape index (κ1) is 9.97. The molecule has 0 aliphatic carbocycles. The SMILES string of the molecule is CCN(CC)c1ccnc2ccccc12. The van der Waals surface area contributed by atoms with Crippen LogP contribution in [0.25, 0.3) is 10.9 Å². The Morgan fingerprint density at radius 1 is 1.07 bits per heavy atom. The number of fused-ring (bicyclic) bond motifs is 1. The normalized spacial score (nSPS) is 10.5. The van der Waals surface area contributed by atoms with Gasteiger partial charge in [-0.1, -0.05) is 18.2 Å². The molecule has 78 valence electrons. The van der Waals surface area contributed by atoms with Crippen molar-refractivity contribution in [2.75, 3.05) is 18.0 Å². The molecule has 0 bridgehead atoms. The standard InChI is InChI=1S/C13H16N2/c1-3-15(4-2)13-9-10-14-12-8-6-5-7-11(12)13/h5-10H,3-4H2,1-2H3. The predicted octanol–water partition coefficient (Wildman–Crippen LogP) is 3.08. The number of aromatic nitrogens is 1. The highest BCUT2D eigenvalue weighted by Gasteiger charge is 2.05. The summed E-state index contributed by atoms with van der Waals surface area (Å²) in [5.41, 5.74) is 2.35. The Kier molecular flexibility index (Phi) is 2.86. The van der Waals surface area contributed by atoms with Gasteiger partial charge in [-0.15, -0.1) is 0 Å². The zero-order valence-corrected chi connectivity index (χ0v) is 9.27. The third-order valence-corrected chi connectivity index (χ3v) is 2.73. The lowest BCUT2D eigenvalue weighted by molar-refractivity contribution is 0.870. The zero-order valence-electron chi connectivity index (χ0n) is 9.27. The Bertz CT molecular complexity index is 442. The number of anilines is 1. The van der Waals surface area contributed by atoms with Crippen LogP contribution in [0.3, 0.4) is 0 Å². The molecule has 2 rings (SSSR count). The third-order valence-electron chi connectivity index (χ3n) is 2.73. The van der Waals surface area contributed by atoms with Crippen molar-refractivity contribution in [3.05, 3.63) is 36.5 Å². The molecule has 15 heavy (non-hydrogen) atoms. The van der Waals surface area contributed by atoms with Crippen molar-refractivity contribution in [2.24, 2.45) is 0 Å². The number of nitrogens with zero attached hydrogens (tertiary/aromatic N) is 2. The Balaban J connectivity index is 2.59. The van der Waals surface area contributed by atoms with Gasteiger partial charge in [0, 0.05) is 30.4 Å². The quantitative estimate of drug-likeness (QED) is 0.757. The lowest BCUT2D eigenvalue weighted by atomic mass is 10.1. The van der Waals surface area contributed by atoms with E-state index in [-0.39, 0.29) is 0 Å². The number of rotatable bonds is 3. The van der Waals surface area contributed by atoms with Crippen LogP contribution in [0.4, 0.5) is 5.69 Å². The van der Waals surface area contributed by atoms with Gasteiger partial charge in [-0.25, -0.2) is 0 Å². The summed E-state index contributed by atoms with van der Waals surface area (Å²) in [7, 11) is 0. The average molecular weight is 200 g/mol. The Labute approximate surface area is 90.6 Å². The smallest absolute Gasteiger partial charge is 0.0722 e. The van der Waals surface area contributed by atoms with E-state index in [4.69, 9.17) is 0 Å². The van der Waals surface area contributed by atoms with Crippen LogP contribution >= 0.6 is 0 Å². The monoisotopic (exact) mass is 200 g/mol. The Morgan fingerprint density at radius 2 is 1.80 bits per heavy atom. The molecule has 0 aliphatic rings. The maximum Gasteiger partial charge on any atom is 0.0722 e. The predicted molar refractivity (Wildman–Crippen MR) is 65.3 cm³/mol. The van der Waals surface area contributed by atoms with Gasteiger partial charge in [0.1, 0.15) is 0 Å². The van der Waals surface area contributed by atoms with Crippen molar-refractivity contribution < 1.29 is 0 Å². The molecule has 1 aromatic heterocycles. The topological polar surface area (TPSA) is 16.1 Å². The molecule has 0 atom stereocenters. The molecule has 0 unspecified atom stereocenters. The van der Waals surface area contributed by atoms with Crippen LogP contribution in [0, 0.1) is 0 Å². The molecule has 2 heteroatoms. The number of pyridine rings is 1. The largest absolute Gasteiger partial charge is 0.371 e. The summed E-state index contributed by atoms with van der Waals surface area (Å²) in [6, 6.07) is 10.4. The van der Waals surface area contributed by atoms with Gasteiger partial charge in [0.2, 0.25) is 0 Å². The molecule has 0 N–H and O–H groups in total. The highest BCUT2D eigenvalue weighted by Crippen LogP contribution is 2.24. The number of hydrogen-bond donors (Lipinski definition) is 0. The summed E-state index contributed by atoms with van der Waals surface area (Å²) in [5, 5.41) is 1.24. The minimum Gasteiger partial charge on any atom is -0.371 e. The fourth-order valence-electron chi connectivity index (χ4n) is 1.92. The van der Waals surface area contributed by atoms with Crippen molar-refractivity contribution in [1.82, 2.24) is 4.98 Å². The number of hydrogen-bond acceptors (Lipinski definition) is 2. The van der Waals surface area contributed by atoms with Gasteiger partial charge >= 0.3 is 0 Å². The second kappa shape index (κ2) is 4.30. The minimum absolute atomic E-state index is 1.03. The van der Waals surface area contributed by atoms with E-state index in [9.17, 15) is 0 Å². The first-order valence-electron chi connectivity index (χ1n) is 5.45. The Hall–Kier alpha value is -1.57. The summed E-state index contributed by atoms with van der Waals surface area (Å²) in [6.07, 6.45) is 1.88. The van der Waals surface area contributed by atoms with Crippen LogP contribution in [-0.4, -0.2) is 18.1 Å². The first-order chi connectivity index (χ1) is 7.36. The van der Waals surface area contributed by atoms with E-state index in [2.05, 4.69) is 48.0 Å². The van der Waals surface area contributed by atoms with E-state index in [1.165, 1.54) is 11.1 Å². The van der Waals surface area contributed by atoms with Crippen LogP contribution in [-0.2, 0) is 0 Å². The van der Waals surface area contributed by atoms with Crippen LogP contribution in [0.1, 0.15) is 13.8 Å². The number of para-hydroxylation sites is 1. The molecule has 2 aromatic rings.